The summed E-state index contributed by atoms with van der Waals surface area (Å²) in [7, 11) is 0. The van der Waals surface area contributed by atoms with Gasteiger partial charge in [0.2, 0.25) is 0 Å². The molecule has 0 amide bonds. The minimum Gasteiger partial charge on any atom is -0.494 e. The predicted molar refractivity (Wildman–Crippen MR) is 138 cm³/mol. The van der Waals surface area contributed by atoms with Gasteiger partial charge in [0.25, 0.3) is 0 Å². The number of anilines is 2. The normalized spacial score (nSPS) is 11.7. The van der Waals surface area contributed by atoms with Gasteiger partial charge >= 0.3 is 18.1 Å². The number of carbonyl (C=O) groups excluding carboxylic acids is 1. The molecule has 0 fully saturated rings. The molecule has 0 saturated carbocycles. The quantitative estimate of drug-likeness (QED) is 0.0931. The molecule has 0 aliphatic heterocycles. The number of aliphatic carboxylic acids is 1. The van der Waals surface area contributed by atoms with E-state index in [9.17, 15) is 27.9 Å². The molecular weight excluding hydrogens is 501 g/mol. The highest BCUT2D eigenvalue weighted by Gasteiger charge is 2.26. The van der Waals surface area contributed by atoms with E-state index >= 15 is 0 Å². The summed E-state index contributed by atoms with van der Waals surface area (Å²) in [5.74, 6) is -1.10. The largest absolute Gasteiger partial charge is 0.494 e. The summed E-state index contributed by atoms with van der Waals surface area (Å²) in [6, 6.07) is 17.3. The average molecular weight is 529 g/mol. The van der Waals surface area contributed by atoms with Gasteiger partial charge in [0.05, 0.1) is 12.2 Å². The van der Waals surface area contributed by atoms with E-state index in [2.05, 4.69) is 0 Å². The fourth-order valence-electron chi connectivity index (χ4n) is 3.50. The molecule has 0 heterocycles. The Bertz CT molecular complexity index is 1290. The Kier molecular flexibility index (Phi) is 9.37. The van der Waals surface area contributed by atoms with Gasteiger partial charge in [0, 0.05) is 23.4 Å². The number of aryl methyl sites for hydroxylation is 1. The first kappa shape index (κ1) is 28.1. The molecule has 10 heteroatoms. The maximum absolute atomic E-state index is 12.4. The Morgan fingerprint density at radius 2 is 1.58 bits per heavy atom. The molecule has 3 aromatic carbocycles. The monoisotopic (exact) mass is 528 g/mol. The number of ether oxygens (including phenoxy) is 2. The molecule has 0 aromatic heterocycles. The van der Waals surface area contributed by atoms with Crippen molar-refractivity contribution in [2.75, 3.05) is 18.1 Å². The molecule has 38 heavy (non-hydrogen) atoms. The highest BCUT2D eigenvalue weighted by atomic mass is 19.4. The van der Waals surface area contributed by atoms with Gasteiger partial charge < -0.3 is 26.0 Å². The number of carboxylic acid groups (broad SMARTS) is 1. The van der Waals surface area contributed by atoms with Crippen molar-refractivity contribution in [1.82, 2.24) is 0 Å². The fourth-order valence-corrected chi connectivity index (χ4v) is 3.50. The number of halogens is 3. The molecular formula is C28H27F3N2O5. The van der Waals surface area contributed by atoms with Crippen LogP contribution in [0.15, 0.2) is 72.3 Å². The summed E-state index contributed by atoms with van der Waals surface area (Å²) in [5.41, 5.74) is 14.6. The van der Waals surface area contributed by atoms with E-state index in [-0.39, 0.29) is 36.3 Å². The Balaban J connectivity index is 1.56. The number of hydrogen-bond acceptors (Lipinski definition) is 6. The van der Waals surface area contributed by atoms with Gasteiger partial charge in [0.15, 0.2) is 0 Å². The van der Waals surface area contributed by atoms with E-state index in [4.69, 9.17) is 20.9 Å². The van der Waals surface area contributed by atoms with Crippen molar-refractivity contribution in [3.8, 4) is 11.5 Å². The predicted octanol–water partition coefficient (Wildman–Crippen LogP) is 5.89. The second-order valence-electron chi connectivity index (χ2n) is 8.48. The van der Waals surface area contributed by atoms with Crippen molar-refractivity contribution < 1.29 is 37.3 Å². The van der Waals surface area contributed by atoms with Gasteiger partial charge in [-0.2, -0.15) is 13.2 Å². The smallest absolute Gasteiger partial charge is 0.389 e. The lowest BCUT2D eigenvalue weighted by Gasteiger charge is -2.09. The van der Waals surface area contributed by atoms with E-state index in [0.29, 0.717) is 29.1 Å². The lowest BCUT2D eigenvalue weighted by molar-refractivity contribution is -0.136. The van der Waals surface area contributed by atoms with Crippen LogP contribution in [0.2, 0.25) is 0 Å². The topological polar surface area (TPSA) is 125 Å². The molecule has 3 aromatic rings. The molecule has 0 aliphatic rings. The average Bonchev–Trinajstić information content (AvgIpc) is 2.87. The zero-order valence-corrected chi connectivity index (χ0v) is 20.3. The number of nitrogen functional groups attached to an aromatic ring is 2. The summed E-state index contributed by atoms with van der Waals surface area (Å²) in [4.78, 5) is 24.2. The summed E-state index contributed by atoms with van der Waals surface area (Å²) >= 11 is 0. The number of esters is 1. The number of benzene rings is 3. The van der Waals surface area contributed by atoms with E-state index in [1.165, 1.54) is 42.5 Å². The van der Waals surface area contributed by atoms with E-state index in [1.807, 2.05) is 0 Å². The summed E-state index contributed by atoms with van der Waals surface area (Å²) in [6.07, 6.45) is -3.14. The Labute approximate surface area is 217 Å². The van der Waals surface area contributed by atoms with Crippen LogP contribution in [0.25, 0.3) is 6.08 Å². The maximum atomic E-state index is 12.4. The minimum atomic E-state index is -4.23. The van der Waals surface area contributed by atoms with Gasteiger partial charge in [-0.25, -0.2) is 9.59 Å². The van der Waals surface area contributed by atoms with Crippen molar-refractivity contribution >= 4 is 29.4 Å². The summed E-state index contributed by atoms with van der Waals surface area (Å²) in [6.45, 7) is -0.0946. The van der Waals surface area contributed by atoms with Crippen LogP contribution >= 0.6 is 0 Å². The third kappa shape index (κ3) is 8.88. The third-order valence-electron chi connectivity index (χ3n) is 5.50. The lowest BCUT2D eigenvalue weighted by Crippen LogP contribution is -2.10. The molecule has 3 rings (SSSR count). The lowest BCUT2D eigenvalue weighted by atomic mass is 10.0. The van der Waals surface area contributed by atoms with Crippen molar-refractivity contribution in [2.24, 2.45) is 0 Å². The van der Waals surface area contributed by atoms with Crippen LogP contribution in [-0.2, 0) is 11.2 Å². The molecule has 0 bridgehead atoms. The van der Waals surface area contributed by atoms with Gasteiger partial charge in [-0.05, 0) is 91.1 Å². The zero-order valence-electron chi connectivity index (χ0n) is 20.3. The molecule has 0 aliphatic carbocycles. The van der Waals surface area contributed by atoms with Crippen LogP contribution in [-0.4, -0.2) is 29.8 Å². The zero-order chi connectivity index (χ0) is 27.7. The van der Waals surface area contributed by atoms with Crippen LogP contribution in [0.4, 0.5) is 24.5 Å². The fraction of sp³-hybridized carbons (Fsp3) is 0.214. The Morgan fingerprint density at radius 1 is 0.921 bits per heavy atom. The molecule has 0 saturated heterocycles. The number of alkyl halides is 3. The maximum Gasteiger partial charge on any atom is 0.389 e. The molecule has 200 valence electrons. The van der Waals surface area contributed by atoms with Crippen molar-refractivity contribution in [3.63, 3.8) is 0 Å². The summed E-state index contributed by atoms with van der Waals surface area (Å²) in [5, 5.41) is 9.60. The van der Waals surface area contributed by atoms with Crippen molar-refractivity contribution in [3.05, 3.63) is 89.0 Å². The van der Waals surface area contributed by atoms with Crippen molar-refractivity contribution in [2.45, 2.75) is 31.9 Å². The van der Waals surface area contributed by atoms with E-state index < -0.39 is 24.5 Å². The third-order valence-corrected chi connectivity index (χ3v) is 5.50. The molecule has 0 atom stereocenters. The molecule has 7 nitrogen and oxygen atoms in total. The number of hydrogen-bond donors (Lipinski definition) is 3. The number of carboxylic acids is 1. The van der Waals surface area contributed by atoms with Crippen LogP contribution in [0, 0.1) is 0 Å². The second kappa shape index (κ2) is 12.7. The molecule has 0 radical (unpaired) electrons. The van der Waals surface area contributed by atoms with Gasteiger partial charge in [0.1, 0.15) is 11.5 Å². The van der Waals surface area contributed by atoms with Crippen LogP contribution in [0.5, 0.6) is 11.5 Å². The Hall–Kier alpha value is -4.47. The highest BCUT2D eigenvalue weighted by molar-refractivity contribution is 5.92. The number of nitrogens with two attached hydrogens (primary N) is 2. The SMILES string of the molecule is Nc1ccc(N)c(CCC(=Cc2ccc(OC(=O)c3ccc(OCCCC(F)(F)F)cc3)cc2)C(=O)O)c1. The van der Waals surface area contributed by atoms with Gasteiger partial charge in [-0.1, -0.05) is 12.1 Å². The molecule has 5 N–H and O–H groups in total. The van der Waals surface area contributed by atoms with Crippen molar-refractivity contribution in [1.29, 1.82) is 0 Å². The van der Waals surface area contributed by atoms with Gasteiger partial charge in [-0.15, -0.1) is 0 Å². The van der Waals surface area contributed by atoms with Crippen LogP contribution in [0.1, 0.15) is 40.7 Å². The number of rotatable bonds is 11. The van der Waals surface area contributed by atoms with Crippen LogP contribution < -0.4 is 20.9 Å². The first-order chi connectivity index (χ1) is 18.0. The van der Waals surface area contributed by atoms with Crippen LogP contribution in [0.3, 0.4) is 0 Å². The number of carbonyl (C=O) groups is 2. The first-order valence-corrected chi connectivity index (χ1v) is 11.7. The molecule has 0 unspecified atom stereocenters. The molecule has 0 spiro atoms. The Morgan fingerprint density at radius 3 is 2.21 bits per heavy atom. The highest BCUT2D eigenvalue weighted by Crippen LogP contribution is 2.23. The van der Waals surface area contributed by atoms with E-state index in [1.54, 1.807) is 30.3 Å². The first-order valence-electron chi connectivity index (χ1n) is 11.7. The van der Waals surface area contributed by atoms with Gasteiger partial charge in [-0.3, -0.25) is 0 Å². The standard InChI is InChI=1S/C28H27F3N2O5/c29-28(30,31)14-1-15-37-23-11-6-19(7-12-23)27(36)38-24-9-2-18(3-10-24)16-21(26(34)35)5-4-20-17-22(32)8-13-25(20)33/h2-3,6-13,16-17H,1,4-5,14-15,32-33H2,(H,34,35). The van der Waals surface area contributed by atoms with E-state index in [0.717, 1.165) is 5.56 Å². The second-order valence-corrected chi connectivity index (χ2v) is 8.48. The summed E-state index contributed by atoms with van der Waals surface area (Å²) < 4.78 is 47.2. The minimum absolute atomic E-state index is 0.0946.